The Labute approximate surface area is 112 Å². The largest absolute Gasteiger partial charge is 0.507 e. The molecule has 1 aliphatic rings. The predicted octanol–water partition coefficient (Wildman–Crippen LogP) is 1.47. The van der Waals surface area contributed by atoms with Crippen molar-refractivity contribution in [2.75, 3.05) is 13.2 Å². The van der Waals surface area contributed by atoms with Gasteiger partial charge in [0.15, 0.2) is 0 Å². The normalized spacial score (nSPS) is 15.0. The van der Waals surface area contributed by atoms with Crippen LogP contribution in [0.4, 0.5) is 0 Å². The lowest BCUT2D eigenvalue weighted by atomic mass is 9.90. The molecule has 1 fully saturated rings. The highest BCUT2D eigenvalue weighted by atomic mass is 16.3. The average molecular weight is 265 g/mol. The van der Waals surface area contributed by atoms with Crippen molar-refractivity contribution in [1.29, 1.82) is 0 Å². The van der Waals surface area contributed by atoms with E-state index in [2.05, 4.69) is 0 Å². The maximum absolute atomic E-state index is 12.5. The number of aliphatic hydroxyl groups excluding tert-OH is 1. The van der Waals surface area contributed by atoms with E-state index in [1.165, 1.54) is 18.2 Å². The highest BCUT2D eigenvalue weighted by Crippen LogP contribution is 2.32. The van der Waals surface area contributed by atoms with Crippen molar-refractivity contribution in [2.24, 2.45) is 0 Å². The van der Waals surface area contributed by atoms with Crippen molar-refractivity contribution in [1.82, 2.24) is 4.90 Å². The lowest BCUT2D eigenvalue weighted by Crippen LogP contribution is -2.45. The number of nitrogens with zero attached hydrogens (tertiary/aromatic N) is 1. The molecule has 5 heteroatoms. The number of hydrogen-bond donors (Lipinski definition) is 3. The third-order valence-corrected chi connectivity index (χ3v) is 3.57. The second-order valence-corrected chi connectivity index (χ2v) is 4.83. The number of benzene rings is 1. The summed E-state index contributed by atoms with van der Waals surface area (Å²) in [5, 5.41) is 28.4. The Kier molecular flexibility index (Phi) is 4.27. The van der Waals surface area contributed by atoms with Crippen molar-refractivity contribution in [3.63, 3.8) is 0 Å². The Hall–Kier alpha value is -1.75. The molecule has 2 rings (SSSR count). The van der Waals surface area contributed by atoms with E-state index >= 15 is 0 Å². The number of aromatic hydroxyl groups is 2. The van der Waals surface area contributed by atoms with E-state index in [0.29, 0.717) is 13.0 Å². The van der Waals surface area contributed by atoms with Gasteiger partial charge in [-0.15, -0.1) is 0 Å². The number of phenols is 2. The maximum Gasteiger partial charge on any atom is 0.261 e. The fourth-order valence-electron chi connectivity index (χ4n) is 2.28. The first-order valence-electron chi connectivity index (χ1n) is 6.58. The Morgan fingerprint density at radius 2 is 1.89 bits per heavy atom. The summed E-state index contributed by atoms with van der Waals surface area (Å²) < 4.78 is 0. The molecule has 1 aliphatic carbocycles. The molecule has 0 bridgehead atoms. The molecule has 0 heterocycles. The van der Waals surface area contributed by atoms with Crippen LogP contribution >= 0.6 is 0 Å². The Bertz CT molecular complexity index is 437. The van der Waals surface area contributed by atoms with E-state index in [1.807, 2.05) is 0 Å². The average Bonchev–Trinajstić information content (AvgIpc) is 2.31. The zero-order valence-electron chi connectivity index (χ0n) is 10.7. The van der Waals surface area contributed by atoms with E-state index in [0.717, 1.165) is 19.3 Å². The molecular weight excluding hydrogens is 246 g/mol. The first-order chi connectivity index (χ1) is 9.15. The first kappa shape index (κ1) is 13.7. The molecule has 0 atom stereocenters. The van der Waals surface area contributed by atoms with Crippen LogP contribution in [-0.2, 0) is 0 Å². The summed E-state index contributed by atoms with van der Waals surface area (Å²) in [4.78, 5) is 14.1. The minimum Gasteiger partial charge on any atom is -0.507 e. The van der Waals surface area contributed by atoms with E-state index < -0.39 is 0 Å². The van der Waals surface area contributed by atoms with Crippen LogP contribution in [0.2, 0.25) is 0 Å². The predicted molar refractivity (Wildman–Crippen MR) is 70.1 cm³/mol. The van der Waals surface area contributed by atoms with Crippen LogP contribution in [0, 0.1) is 0 Å². The SMILES string of the molecule is O=C(c1c(O)cccc1O)N(CCCO)C1CCC1. The van der Waals surface area contributed by atoms with Gasteiger partial charge >= 0.3 is 0 Å². The molecule has 0 aromatic heterocycles. The molecule has 5 nitrogen and oxygen atoms in total. The Morgan fingerprint density at radius 3 is 2.37 bits per heavy atom. The molecule has 0 aliphatic heterocycles. The number of amides is 1. The number of phenolic OH excluding ortho intramolecular Hbond substituents is 2. The van der Waals surface area contributed by atoms with E-state index in [9.17, 15) is 15.0 Å². The van der Waals surface area contributed by atoms with Crippen LogP contribution in [0.25, 0.3) is 0 Å². The molecule has 0 radical (unpaired) electrons. The fraction of sp³-hybridized carbons (Fsp3) is 0.500. The zero-order chi connectivity index (χ0) is 13.8. The van der Waals surface area contributed by atoms with Crippen molar-refractivity contribution in [3.8, 4) is 11.5 Å². The third-order valence-electron chi connectivity index (χ3n) is 3.57. The van der Waals surface area contributed by atoms with Gasteiger partial charge in [0.05, 0.1) is 0 Å². The summed E-state index contributed by atoms with van der Waals surface area (Å²) in [6, 6.07) is 4.41. The van der Waals surface area contributed by atoms with Crippen LogP contribution in [0.5, 0.6) is 11.5 Å². The Balaban J connectivity index is 2.22. The van der Waals surface area contributed by atoms with Gasteiger partial charge in [-0.1, -0.05) is 6.07 Å². The number of carbonyl (C=O) groups excluding carboxylic acids is 1. The third kappa shape index (κ3) is 2.81. The van der Waals surface area contributed by atoms with Gasteiger partial charge in [-0.3, -0.25) is 4.79 Å². The van der Waals surface area contributed by atoms with Gasteiger partial charge in [0.2, 0.25) is 0 Å². The standard InChI is InChI=1S/C14H19NO4/c16-9-3-8-15(10-4-1-5-10)14(19)13-11(17)6-2-7-12(13)18/h2,6-7,10,16-18H,1,3-5,8-9H2. The first-order valence-corrected chi connectivity index (χ1v) is 6.58. The van der Waals surface area contributed by atoms with Gasteiger partial charge in [-0.25, -0.2) is 0 Å². The molecule has 1 saturated carbocycles. The second-order valence-electron chi connectivity index (χ2n) is 4.83. The summed E-state index contributed by atoms with van der Waals surface area (Å²) in [6.45, 7) is 0.455. The lowest BCUT2D eigenvalue weighted by molar-refractivity contribution is 0.0556. The van der Waals surface area contributed by atoms with Gasteiger partial charge < -0.3 is 20.2 Å². The quantitative estimate of drug-likeness (QED) is 0.753. The van der Waals surface area contributed by atoms with Crippen LogP contribution in [0.3, 0.4) is 0 Å². The van der Waals surface area contributed by atoms with Crippen LogP contribution in [0.1, 0.15) is 36.0 Å². The molecule has 0 unspecified atom stereocenters. The number of rotatable bonds is 5. The van der Waals surface area contributed by atoms with Crippen LogP contribution < -0.4 is 0 Å². The summed E-state index contributed by atoms with van der Waals surface area (Å²) >= 11 is 0. The molecule has 1 aromatic rings. The molecule has 0 saturated heterocycles. The van der Waals surface area contributed by atoms with Crippen molar-refractivity contribution in [3.05, 3.63) is 23.8 Å². The fourth-order valence-corrected chi connectivity index (χ4v) is 2.28. The minimum absolute atomic E-state index is 0.0171. The lowest BCUT2D eigenvalue weighted by Gasteiger charge is -2.37. The number of carbonyl (C=O) groups is 1. The molecule has 19 heavy (non-hydrogen) atoms. The molecule has 0 spiro atoms. The maximum atomic E-state index is 12.5. The summed E-state index contributed by atoms with van der Waals surface area (Å²) in [5.74, 6) is -0.787. The molecule has 1 aromatic carbocycles. The van der Waals surface area contributed by atoms with Gasteiger partial charge in [-0.2, -0.15) is 0 Å². The van der Waals surface area contributed by atoms with Crippen molar-refractivity contribution in [2.45, 2.75) is 31.7 Å². The molecular formula is C14H19NO4. The summed E-state index contributed by atoms with van der Waals surface area (Å²) in [7, 11) is 0. The molecule has 104 valence electrons. The number of aliphatic hydroxyl groups is 1. The minimum atomic E-state index is -0.367. The Morgan fingerprint density at radius 1 is 1.26 bits per heavy atom. The molecule has 1 amide bonds. The van der Waals surface area contributed by atoms with Crippen molar-refractivity contribution < 1.29 is 20.1 Å². The van der Waals surface area contributed by atoms with Gasteiger partial charge in [0, 0.05) is 19.2 Å². The zero-order valence-corrected chi connectivity index (χ0v) is 10.7. The van der Waals surface area contributed by atoms with E-state index in [1.54, 1.807) is 4.90 Å². The van der Waals surface area contributed by atoms with Crippen molar-refractivity contribution >= 4 is 5.91 Å². The smallest absolute Gasteiger partial charge is 0.261 e. The van der Waals surface area contributed by atoms with Crippen LogP contribution in [-0.4, -0.2) is 45.3 Å². The van der Waals surface area contributed by atoms with Gasteiger partial charge in [0.25, 0.3) is 5.91 Å². The van der Waals surface area contributed by atoms with E-state index in [4.69, 9.17) is 5.11 Å². The monoisotopic (exact) mass is 265 g/mol. The van der Waals surface area contributed by atoms with Crippen LogP contribution in [0.15, 0.2) is 18.2 Å². The summed E-state index contributed by atoms with van der Waals surface area (Å²) in [5.41, 5.74) is -0.0488. The highest BCUT2D eigenvalue weighted by Gasteiger charge is 2.31. The summed E-state index contributed by atoms with van der Waals surface area (Å²) in [6.07, 6.45) is 3.45. The topological polar surface area (TPSA) is 81.0 Å². The number of hydrogen-bond acceptors (Lipinski definition) is 4. The molecule has 3 N–H and O–H groups in total. The highest BCUT2D eigenvalue weighted by molar-refractivity contribution is 5.99. The van der Waals surface area contributed by atoms with Gasteiger partial charge in [-0.05, 0) is 37.8 Å². The van der Waals surface area contributed by atoms with E-state index in [-0.39, 0.29) is 35.6 Å². The second kappa shape index (κ2) is 5.93. The van der Waals surface area contributed by atoms with Gasteiger partial charge in [0.1, 0.15) is 17.1 Å².